The van der Waals surface area contributed by atoms with Gasteiger partial charge in [-0.05, 0) is 24.6 Å². The lowest BCUT2D eigenvalue weighted by Crippen LogP contribution is -2.38. The van der Waals surface area contributed by atoms with Crippen LogP contribution in [0.5, 0.6) is 0 Å². The average Bonchev–Trinajstić information content (AvgIpc) is 2.97. The van der Waals surface area contributed by atoms with E-state index in [0.717, 1.165) is 18.1 Å². The molecule has 0 fully saturated rings. The Kier molecular flexibility index (Phi) is 10.2. The van der Waals surface area contributed by atoms with E-state index in [-0.39, 0.29) is 24.0 Å². The molecule has 4 nitrogen and oxygen atoms in total. The Hall–Kier alpha value is -0.930. The molecule has 0 amide bonds. The minimum atomic E-state index is -0.869. The number of hydrogen-bond donors (Lipinski definition) is 2. The van der Waals surface area contributed by atoms with Crippen molar-refractivity contribution in [2.24, 2.45) is 4.99 Å². The van der Waals surface area contributed by atoms with Crippen LogP contribution in [0.2, 0.25) is 0 Å². The van der Waals surface area contributed by atoms with Gasteiger partial charge in [-0.3, -0.25) is 9.20 Å². The molecular formula is C17H24IN3OS2. The van der Waals surface area contributed by atoms with Gasteiger partial charge in [0.25, 0.3) is 0 Å². The van der Waals surface area contributed by atoms with Gasteiger partial charge in [0.15, 0.2) is 5.96 Å². The first kappa shape index (κ1) is 21.1. The fraction of sp³-hybridized carbons (Fsp3) is 0.353. The summed E-state index contributed by atoms with van der Waals surface area (Å²) in [5, 5.41) is 6.49. The normalized spacial score (nSPS) is 12.3. The van der Waals surface area contributed by atoms with Crippen LogP contribution in [-0.4, -0.2) is 29.5 Å². The maximum absolute atomic E-state index is 12.1. The predicted octanol–water partition coefficient (Wildman–Crippen LogP) is 3.29. The van der Waals surface area contributed by atoms with Crippen molar-refractivity contribution < 1.29 is 4.21 Å². The maximum Gasteiger partial charge on any atom is 0.191 e. The molecule has 132 valence electrons. The van der Waals surface area contributed by atoms with Crippen LogP contribution in [-0.2, 0) is 23.1 Å². The van der Waals surface area contributed by atoms with Crippen LogP contribution in [0.3, 0.4) is 0 Å². The van der Waals surface area contributed by atoms with Crippen molar-refractivity contribution in [3.63, 3.8) is 0 Å². The molecule has 2 rings (SSSR count). The van der Waals surface area contributed by atoms with Crippen LogP contribution in [0.25, 0.3) is 0 Å². The highest BCUT2D eigenvalue weighted by Crippen LogP contribution is 2.14. The number of hydrogen-bond acceptors (Lipinski definition) is 3. The molecule has 0 saturated carbocycles. The number of nitrogens with zero attached hydrogens (tertiary/aromatic N) is 1. The van der Waals surface area contributed by atoms with Crippen molar-refractivity contribution in [3.05, 3.63) is 57.8 Å². The summed E-state index contributed by atoms with van der Waals surface area (Å²) >= 11 is 1.78. The number of guanidine groups is 1. The SMILES string of the molecule is CN=C(NCCS(=O)Cc1ccccc1)NCc1ccc(C)s1.I. The van der Waals surface area contributed by atoms with E-state index in [2.05, 4.69) is 34.7 Å². The minimum absolute atomic E-state index is 0. The Morgan fingerprint density at radius 3 is 2.54 bits per heavy atom. The number of aliphatic imine (C=N–C) groups is 1. The Labute approximate surface area is 167 Å². The molecule has 0 aliphatic rings. The first-order chi connectivity index (χ1) is 11.2. The third-order valence-corrected chi connectivity index (χ3v) is 5.56. The first-order valence-corrected chi connectivity index (χ1v) is 9.86. The molecule has 2 aromatic rings. The molecule has 0 aliphatic carbocycles. The molecule has 2 N–H and O–H groups in total. The Bertz CT molecular complexity index is 659. The fourth-order valence-corrected chi connectivity index (χ4v) is 3.96. The van der Waals surface area contributed by atoms with Gasteiger partial charge in [0, 0.05) is 45.7 Å². The summed E-state index contributed by atoms with van der Waals surface area (Å²) in [6.45, 7) is 3.50. The van der Waals surface area contributed by atoms with Crippen molar-refractivity contribution in [2.45, 2.75) is 19.2 Å². The van der Waals surface area contributed by atoms with E-state index in [1.807, 2.05) is 30.3 Å². The largest absolute Gasteiger partial charge is 0.355 e. The highest BCUT2D eigenvalue weighted by atomic mass is 127. The zero-order chi connectivity index (χ0) is 16.5. The maximum atomic E-state index is 12.1. The minimum Gasteiger partial charge on any atom is -0.355 e. The van der Waals surface area contributed by atoms with Crippen molar-refractivity contribution in [1.82, 2.24) is 10.6 Å². The smallest absolute Gasteiger partial charge is 0.191 e. The predicted molar refractivity (Wildman–Crippen MR) is 116 cm³/mol. The number of aryl methyl sites for hydroxylation is 1. The van der Waals surface area contributed by atoms with E-state index in [1.165, 1.54) is 9.75 Å². The van der Waals surface area contributed by atoms with Crippen molar-refractivity contribution in [1.29, 1.82) is 0 Å². The molecule has 0 saturated heterocycles. The lowest BCUT2D eigenvalue weighted by molar-refractivity contribution is 0.680. The van der Waals surface area contributed by atoms with Crippen LogP contribution < -0.4 is 10.6 Å². The lowest BCUT2D eigenvalue weighted by atomic mass is 10.2. The van der Waals surface area contributed by atoms with Crippen molar-refractivity contribution in [3.8, 4) is 0 Å². The quantitative estimate of drug-likeness (QED) is 0.366. The zero-order valence-electron chi connectivity index (χ0n) is 14.0. The van der Waals surface area contributed by atoms with E-state index < -0.39 is 10.8 Å². The topological polar surface area (TPSA) is 53.5 Å². The molecule has 0 spiro atoms. The van der Waals surface area contributed by atoms with Crippen LogP contribution in [0, 0.1) is 6.92 Å². The Morgan fingerprint density at radius 1 is 1.17 bits per heavy atom. The number of thiophene rings is 1. The summed E-state index contributed by atoms with van der Waals surface area (Å²) in [5.74, 6) is 1.95. The number of benzene rings is 1. The zero-order valence-corrected chi connectivity index (χ0v) is 17.9. The molecule has 24 heavy (non-hydrogen) atoms. The number of rotatable bonds is 7. The second kappa shape index (κ2) is 11.6. The van der Waals surface area contributed by atoms with Gasteiger partial charge in [-0.1, -0.05) is 30.3 Å². The van der Waals surface area contributed by atoms with Crippen LogP contribution >= 0.6 is 35.3 Å². The van der Waals surface area contributed by atoms with E-state index in [0.29, 0.717) is 18.1 Å². The molecular weight excluding hydrogens is 453 g/mol. The molecule has 1 aromatic carbocycles. The van der Waals surface area contributed by atoms with E-state index >= 15 is 0 Å². The molecule has 1 atom stereocenters. The number of nitrogens with one attached hydrogen (secondary N) is 2. The van der Waals surface area contributed by atoms with Crippen LogP contribution in [0.15, 0.2) is 47.5 Å². The van der Waals surface area contributed by atoms with Crippen molar-refractivity contribution in [2.75, 3.05) is 19.3 Å². The molecule has 7 heteroatoms. The van der Waals surface area contributed by atoms with E-state index in [9.17, 15) is 4.21 Å². The summed E-state index contributed by atoms with van der Waals surface area (Å²) in [5.41, 5.74) is 1.11. The molecule has 0 radical (unpaired) electrons. The highest BCUT2D eigenvalue weighted by Gasteiger charge is 2.03. The second-order valence-electron chi connectivity index (χ2n) is 5.14. The van der Waals surface area contributed by atoms with Gasteiger partial charge in [0.1, 0.15) is 0 Å². The van der Waals surface area contributed by atoms with Gasteiger partial charge in [-0.25, -0.2) is 0 Å². The third-order valence-electron chi connectivity index (χ3n) is 3.24. The first-order valence-electron chi connectivity index (χ1n) is 7.56. The van der Waals surface area contributed by atoms with E-state index in [4.69, 9.17) is 0 Å². The third kappa shape index (κ3) is 7.76. The standard InChI is InChI=1S/C17H23N3OS2.HI/c1-14-8-9-16(22-14)12-20-17(18-2)19-10-11-23(21)13-15-6-4-3-5-7-15;/h3-9H,10-13H2,1-2H3,(H2,18,19,20);1H. The number of halogens is 1. The summed E-state index contributed by atoms with van der Waals surface area (Å²) in [6, 6.07) is 14.2. The second-order valence-corrected chi connectivity index (χ2v) is 8.09. The lowest BCUT2D eigenvalue weighted by Gasteiger charge is -2.11. The average molecular weight is 477 g/mol. The van der Waals surface area contributed by atoms with Gasteiger partial charge in [0.05, 0.1) is 6.54 Å². The Balaban J connectivity index is 0.00000288. The summed E-state index contributed by atoms with van der Waals surface area (Å²) < 4.78 is 12.1. The highest BCUT2D eigenvalue weighted by molar-refractivity contribution is 14.0. The van der Waals surface area contributed by atoms with Crippen molar-refractivity contribution >= 4 is 52.1 Å². The Morgan fingerprint density at radius 2 is 1.92 bits per heavy atom. The summed E-state index contributed by atoms with van der Waals surface area (Å²) in [6.07, 6.45) is 0. The van der Waals surface area contributed by atoms with Gasteiger partial charge >= 0.3 is 0 Å². The van der Waals surface area contributed by atoms with E-state index in [1.54, 1.807) is 18.4 Å². The molecule has 1 unspecified atom stereocenters. The van der Waals surface area contributed by atoms with Crippen LogP contribution in [0.4, 0.5) is 0 Å². The van der Waals surface area contributed by atoms with Gasteiger partial charge in [0.2, 0.25) is 0 Å². The van der Waals surface area contributed by atoms with Gasteiger partial charge in [-0.2, -0.15) is 0 Å². The summed E-state index contributed by atoms with van der Waals surface area (Å²) in [7, 11) is 0.877. The van der Waals surface area contributed by atoms with Gasteiger partial charge < -0.3 is 10.6 Å². The van der Waals surface area contributed by atoms with Gasteiger partial charge in [-0.15, -0.1) is 35.3 Å². The fourth-order valence-electron chi connectivity index (χ4n) is 2.09. The molecule has 1 aromatic heterocycles. The molecule has 1 heterocycles. The van der Waals surface area contributed by atoms with Crippen LogP contribution in [0.1, 0.15) is 15.3 Å². The monoisotopic (exact) mass is 477 g/mol. The summed E-state index contributed by atoms with van der Waals surface area (Å²) in [4.78, 5) is 6.77. The molecule has 0 bridgehead atoms. The molecule has 0 aliphatic heterocycles.